The van der Waals surface area contributed by atoms with Crippen LogP contribution in [0.4, 0.5) is 0 Å². The Morgan fingerprint density at radius 1 is 0.674 bits per heavy atom. The molecule has 4 saturated carbocycles. The van der Waals surface area contributed by atoms with Gasteiger partial charge < -0.3 is 119 Å². The van der Waals surface area contributed by atoms with E-state index in [0.29, 0.717) is 37.7 Å². The summed E-state index contributed by atoms with van der Waals surface area (Å²) >= 11 is 0. The summed E-state index contributed by atoms with van der Waals surface area (Å²) < 4.78 is 60.2. The number of aliphatic hydroxyl groups excluding tert-OH is 13. The van der Waals surface area contributed by atoms with Crippen molar-refractivity contribution >= 4 is 17.9 Å². The SMILES string of the molecule is C/C=C(/C)C(=O)O[C@H]1[C@H](O)[C@]2(COC(C)=O)[C@H](O)C[C@]3(C)C(=CC[C@@H]4[C@@]5(C)CC[C@H](OC6O[C@H](C(=O)O)[C@@H](O)[C@H](O[C@@H]7OC[C@H](O)[C@H](O)C7O[C@@H]7OC[C@@H](O)[C@H](O)[C@H]7O)[C@H]6O[C@@H]6O[C@H](CO)[C@H](O)[C@H](O)[C@H]6O)[C@@](C)(CO)[C@@H]5CC[C@]43C)[C@@H]2CC1(C)C. The fourth-order valence-electron chi connectivity index (χ4n) is 17.0. The van der Waals surface area contributed by atoms with Gasteiger partial charge in [0.05, 0.1) is 44.1 Å². The molecule has 5 aliphatic carbocycles. The van der Waals surface area contributed by atoms with E-state index >= 15 is 0 Å². The van der Waals surface area contributed by atoms with Crippen molar-refractivity contribution in [3.05, 3.63) is 23.3 Å². The molecule has 27 nitrogen and oxygen atoms in total. The Balaban J connectivity index is 1.05. The van der Waals surface area contributed by atoms with Crippen molar-refractivity contribution in [3.63, 3.8) is 0 Å². The molecule has 27 heteroatoms. The number of carbonyl (C=O) groups excluding carboxylic acids is 2. The molecule has 4 heterocycles. The summed E-state index contributed by atoms with van der Waals surface area (Å²) in [6.45, 7) is 13.9. The molecule has 30 atom stereocenters. The van der Waals surface area contributed by atoms with Crippen molar-refractivity contribution in [2.45, 2.75) is 242 Å². The number of hydrogen-bond donors (Lipinski definition) is 14. The number of carbonyl (C=O) groups is 3. The number of allylic oxidation sites excluding steroid dienone is 3. The lowest BCUT2D eigenvalue weighted by Gasteiger charge is -2.72. The molecule has 0 spiro atoms. The summed E-state index contributed by atoms with van der Waals surface area (Å²) in [7, 11) is 0. The molecule has 0 aromatic heterocycles. The standard InChI is InChI=1S/C59H92O27/c1-10-24(2)49(76)86-47-46(73)59(23-79-25(3)62)27(17-54(47,4)5)26-11-12-32-55(6)15-14-34(56(7,22-61)31(55)13-16-57(32,8)58(26,9)18-33(59)65)81-53-45(85-51-40(71)38(69)37(68)30(19-60)80-51)42(41(72)43(83-53)48(74)75)82-52-44(36(67)29(64)21-78-52)84-50-39(70)35(66)28(63)20-77-50/h10-11,27-47,50-53,60-61,63-73H,12-23H2,1-9H3,(H,74,75)/b24-10-/t27-,28+,29-,30+,31+,32+,33+,34-,35-,36-,37-,38-,39+,40+,41-,42-,43-,44?,45+,46-,47-,50-,51-,52-,53?,55-,56-,57+,58+,59-/m0/s1. The van der Waals surface area contributed by atoms with E-state index in [-0.39, 0.29) is 31.3 Å². The van der Waals surface area contributed by atoms with Crippen molar-refractivity contribution in [1.82, 2.24) is 0 Å². The molecule has 0 aromatic rings. The molecule has 8 fully saturated rings. The average molecular weight is 1230 g/mol. The van der Waals surface area contributed by atoms with Gasteiger partial charge in [-0.15, -0.1) is 0 Å². The third-order valence-electron chi connectivity index (χ3n) is 22.4. The fourth-order valence-corrected chi connectivity index (χ4v) is 17.0. The molecule has 9 aliphatic rings. The highest BCUT2D eigenvalue weighted by Crippen LogP contribution is 2.76. The molecule has 0 aromatic carbocycles. The van der Waals surface area contributed by atoms with Crippen molar-refractivity contribution in [2.75, 3.05) is 33.0 Å². The molecule has 0 amide bonds. The number of rotatable bonds is 15. The van der Waals surface area contributed by atoms with E-state index in [1.54, 1.807) is 19.9 Å². The van der Waals surface area contributed by atoms with E-state index in [0.717, 1.165) is 5.57 Å². The maximum Gasteiger partial charge on any atom is 0.335 e. The van der Waals surface area contributed by atoms with E-state index in [2.05, 4.69) is 26.8 Å². The number of fused-ring (bicyclic) bond motifs is 7. The highest BCUT2D eigenvalue weighted by Gasteiger charge is 2.74. The summed E-state index contributed by atoms with van der Waals surface area (Å²) in [6.07, 6.45) is -32.7. The van der Waals surface area contributed by atoms with E-state index < -0.39 is 218 Å². The maximum absolute atomic E-state index is 13.4. The lowest BCUT2D eigenvalue weighted by Crippen LogP contribution is -2.72. The molecule has 0 radical (unpaired) electrons. The van der Waals surface area contributed by atoms with E-state index in [1.165, 1.54) is 6.92 Å². The maximum atomic E-state index is 13.4. The quantitative estimate of drug-likeness (QED) is 0.0357. The summed E-state index contributed by atoms with van der Waals surface area (Å²) in [4.78, 5) is 39.1. The third-order valence-corrected chi connectivity index (χ3v) is 22.4. The first kappa shape index (κ1) is 67.4. The zero-order chi connectivity index (χ0) is 63.3. The van der Waals surface area contributed by atoms with Crippen molar-refractivity contribution in [2.24, 2.45) is 50.2 Å². The monoisotopic (exact) mass is 1230 g/mol. The second kappa shape index (κ2) is 24.9. The first-order valence-corrected chi connectivity index (χ1v) is 30.0. The van der Waals surface area contributed by atoms with Crippen LogP contribution in [0.15, 0.2) is 23.3 Å². The van der Waals surface area contributed by atoms with Gasteiger partial charge in [0.25, 0.3) is 0 Å². The Kier molecular flexibility index (Phi) is 19.5. The minimum atomic E-state index is -2.26. The van der Waals surface area contributed by atoms with Crippen LogP contribution < -0.4 is 0 Å². The molecule has 2 unspecified atom stereocenters. The number of carboxylic acids is 1. The van der Waals surface area contributed by atoms with Gasteiger partial charge in [-0.25, -0.2) is 9.59 Å². The van der Waals surface area contributed by atoms with Crippen LogP contribution in [-0.4, -0.2) is 257 Å². The molecule has 9 rings (SSSR count). The molecular formula is C59H92O27. The Morgan fingerprint density at radius 3 is 1.93 bits per heavy atom. The smallest absolute Gasteiger partial charge is 0.335 e. The summed E-state index contributed by atoms with van der Waals surface area (Å²) in [6, 6.07) is 0. The second-order valence-corrected chi connectivity index (χ2v) is 27.5. The first-order valence-electron chi connectivity index (χ1n) is 30.0. The number of esters is 2. The molecule has 4 saturated heterocycles. The largest absolute Gasteiger partial charge is 0.479 e. The molecule has 86 heavy (non-hydrogen) atoms. The zero-order valence-electron chi connectivity index (χ0n) is 50.1. The van der Waals surface area contributed by atoms with Crippen LogP contribution in [0.2, 0.25) is 0 Å². The Labute approximate surface area is 498 Å². The summed E-state index contributed by atoms with van der Waals surface area (Å²) in [5.41, 5.74) is -4.00. The van der Waals surface area contributed by atoms with Crippen molar-refractivity contribution < 1.29 is 133 Å². The van der Waals surface area contributed by atoms with Gasteiger partial charge in [-0.2, -0.15) is 0 Å². The van der Waals surface area contributed by atoms with Gasteiger partial charge in [0.15, 0.2) is 31.3 Å². The minimum absolute atomic E-state index is 0.118. The van der Waals surface area contributed by atoms with Gasteiger partial charge in [-0.3, -0.25) is 4.79 Å². The van der Waals surface area contributed by atoms with Gasteiger partial charge in [0.1, 0.15) is 98.2 Å². The van der Waals surface area contributed by atoms with E-state index in [9.17, 15) is 85.9 Å². The highest BCUT2D eigenvalue weighted by atomic mass is 16.8. The van der Waals surface area contributed by atoms with Crippen LogP contribution in [0.5, 0.6) is 0 Å². The Bertz CT molecular complexity index is 2510. The van der Waals surface area contributed by atoms with Crippen LogP contribution in [0, 0.1) is 50.2 Å². The number of aliphatic carboxylic acids is 1. The van der Waals surface area contributed by atoms with Gasteiger partial charge in [-0.1, -0.05) is 59.3 Å². The van der Waals surface area contributed by atoms with E-state index in [4.69, 9.17) is 47.4 Å². The Morgan fingerprint density at radius 2 is 1.30 bits per heavy atom. The topological polar surface area (TPSA) is 427 Å². The van der Waals surface area contributed by atoms with E-state index in [1.807, 2.05) is 20.8 Å². The van der Waals surface area contributed by atoms with Gasteiger partial charge in [0, 0.05) is 23.3 Å². The summed E-state index contributed by atoms with van der Waals surface area (Å²) in [5.74, 6) is -3.96. The Hall–Kier alpha value is -2.95. The van der Waals surface area contributed by atoms with Crippen molar-refractivity contribution in [3.8, 4) is 0 Å². The molecule has 14 N–H and O–H groups in total. The van der Waals surface area contributed by atoms with Crippen LogP contribution >= 0.6 is 0 Å². The van der Waals surface area contributed by atoms with Crippen LogP contribution in [0.25, 0.3) is 0 Å². The molecular weight excluding hydrogens is 1140 g/mol. The lowest BCUT2D eigenvalue weighted by atomic mass is 9.33. The minimum Gasteiger partial charge on any atom is -0.479 e. The highest BCUT2D eigenvalue weighted by molar-refractivity contribution is 5.87. The number of ether oxygens (including phenoxy) is 10. The van der Waals surface area contributed by atoms with Gasteiger partial charge in [-0.05, 0) is 92.8 Å². The fraction of sp³-hybridized carbons (Fsp3) is 0.881. The number of aliphatic hydroxyl groups is 13. The molecule has 490 valence electrons. The van der Waals surface area contributed by atoms with Crippen LogP contribution in [-0.2, 0) is 61.8 Å². The van der Waals surface area contributed by atoms with Crippen LogP contribution in [0.1, 0.15) is 107 Å². The molecule has 4 aliphatic heterocycles. The third kappa shape index (κ3) is 11.1. The van der Waals surface area contributed by atoms with Gasteiger partial charge in [0.2, 0.25) is 0 Å². The normalized spacial score (nSPS) is 51.2. The molecule has 0 bridgehead atoms. The number of hydrogen-bond acceptors (Lipinski definition) is 26. The summed E-state index contributed by atoms with van der Waals surface area (Å²) in [5, 5.41) is 157. The average Bonchev–Trinajstić information content (AvgIpc) is 0.771. The zero-order valence-corrected chi connectivity index (χ0v) is 50.1. The van der Waals surface area contributed by atoms with Crippen LogP contribution in [0.3, 0.4) is 0 Å². The van der Waals surface area contributed by atoms with Crippen molar-refractivity contribution in [1.29, 1.82) is 0 Å². The first-order chi connectivity index (χ1) is 40.2. The lowest BCUT2D eigenvalue weighted by molar-refractivity contribution is -0.400. The van der Waals surface area contributed by atoms with Gasteiger partial charge >= 0.3 is 17.9 Å². The predicted octanol–water partition coefficient (Wildman–Crippen LogP) is -2.22. The second-order valence-electron chi connectivity index (χ2n) is 27.5. The number of carboxylic acid groups (broad SMARTS) is 1. The predicted molar refractivity (Wildman–Crippen MR) is 290 cm³/mol.